The zero-order valence-corrected chi connectivity index (χ0v) is 24.8. The topological polar surface area (TPSA) is 77.5 Å². The van der Waals surface area contributed by atoms with Crippen molar-refractivity contribution in [2.24, 2.45) is 0 Å². The summed E-state index contributed by atoms with van der Waals surface area (Å²) < 4.78 is 23.9. The molecule has 1 heterocycles. The second-order valence-corrected chi connectivity index (χ2v) is 11.4. The highest BCUT2D eigenvalue weighted by molar-refractivity contribution is 7.99. The van der Waals surface area contributed by atoms with Gasteiger partial charge in [0.2, 0.25) is 0 Å². The Morgan fingerprint density at radius 1 is 0.952 bits per heavy atom. The number of hydrogen-bond acceptors (Lipinski definition) is 6. The van der Waals surface area contributed by atoms with Crippen LogP contribution in [0.15, 0.2) is 89.8 Å². The number of ether oxygens (including phenoxy) is 4. The molecule has 4 aromatic carbocycles. The first kappa shape index (κ1) is 29.6. The highest BCUT2D eigenvalue weighted by Crippen LogP contribution is 2.38. The Bertz CT molecular complexity index is 1460. The molecule has 0 aromatic heterocycles. The molecular weight excluding hydrogens is 550 g/mol. The van der Waals surface area contributed by atoms with E-state index < -0.39 is 6.09 Å². The third kappa shape index (κ3) is 7.12. The first-order valence-electron chi connectivity index (χ1n) is 14.2. The van der Waals surface area contributed by atoms with Gasteiger partial charge >= 0.3 is 6.09 Å². The van der Waals surface area contributed by atoms with E-state index >= 15 is 0 Å². The minimum Gasteiger partial charge on any atom is -0.496 e. The molecule has 8 heteroatoms. The fourth-order valence-corrected chi connectivity index (χ4v) is 6.34. The number of fused-ring (bicyclic) bond motifs is 1. The maximum absolute atomic E-state index is 11.8. The van der Waals surface area contributed by atoms with Crippen molar-refractivity contribution in [3.8, 4) is 17.2 Å². The zero-order valence-electron chi connectivity index (χ0n) is 24.0. The Morgan fingerprint density at radius 2 is 1.69 bits per heavy atom. The summed E-state index contributed by atoms with van der Waals surface area (Å²) in [6, 6.07) is 28.4. The monoisotopic (exact) mass is 587 g/mol. The maximum atomic E-state index is 11.8. The first-order chi connectivity index (χ1) is 20.6. The molecule has 1 saturated heterocycles. The molecule has 2 atom stereocenters. The number of piperidine rings is 1. The Balaban J connectivity index is 1.25. The van der Waals surface area contributed by atoms with E-state index in [1.165, 1.54) is 9.80 Å². The molecular formula is C34H37NO6S. The molecule has 0 spiro atoms. The molecule has 0 bridgehead atoms. The van der Waals surface area contributed by atoms with Crippen molar-refractivity contribution in [2.75, 3.05) is 39.7 Å². The quantitative estimate of drug-likeness (QED) is 0.136. The second kappa shape index (κ2) is 14.3. The lowest BCUT2D eigenvalue weighted by Crippen LogP contribution is -2.46. The molecule has 2 unspecified atom stereocenters. The van der Waals surface area contributed by atoms with Gasteiger partial charge in [-0.3, -0.25) is 0 Å². The van der Waals surface area contributed by atoms with Gasteiger partial charge in [0, 0.05) is 39.4 Å². The van der Waals surface area contributed by atoms with Crippen LogP contribution in [-0.4, -0.2) is 61.9 Å². The number of likely N-dealkylation sites (tertiary alicyclic amines) is 1. The molecule has 1 N–H and O–H groups in total. The number of thioether (sulfide) groups is 1. The van der Waals surface area contributed by atoms with Gasteiger partial charge in [-0.2, -0.15) is 0 Å². The number of benzene rings is 4. The van der Waals surface area contributed by atoms with E-state index in [0.29, 0.717) is 26.1 Å². The molecule has 0 radical (unpaired) electrons. The smallest absolute Gasteiger partial charge is 0.407 e. The van der Waals surface area contributed by atoms with Crippen molar-refractivity contribution in [3.05, 3.63) is 96.1 Å². The summed E-state index contributed by atoms with van der Waals surface area (Å²) in [6.07, 6.45) is 0.375. The van der Waals surface area contributed by atoms with Gasteiger partial charge in [0.15, 0.2) is 0 Å². The lowest BCUT2D eigenvalue weighted by molar-refractivity contribution is -0.0204. The molecule has 42 heavy (non-hydrogen) atoms. The van der Waals surface area contributed by atoms with Gasteiger partial charge in [-0.15, -0.1) is 11.8 Å². The van der Waals surface area contributed by atoms with Gasteiger partial charge in [0.1, 0.15) is 17.2 Å². The van der Waals surface area contributed by atoms with Crippen molar-refractivity contribution in [2.45, 2.75) is 36.4 Å². The molecule has 4 aromatic rings. The van der Waals surface area contributed by atoms with Gasteiger partial charge in [-0.1, -0.05) is 54.6 Å². The zero-order chi connectivity index (χ0) is 29.3. The number of methoxy groups -OCH3 is 2. The van der Waals surface area contributed by atoms with Gasteiger partial charge in [-0.25, -0.2) is 4.79 Å². The largest absolute Gasteiger partial charge is 0.496 e. The minimum atomic E-state index is -0.929. The average molecular weight is 588 g/mol. The lowest BCUT2D eigenvalue weighted by atomic mass is 9.87. The number of rotatable bonds is 12. The van der Waals surface area contributed by atoms with Crippen LogP contribution < -0.4 is 14.2 Å². The summed E-state index contributed by atoms with van der Waals surface area (Å²) in [7, 11) is 3.30. The van der Waals surface area contributed by atoms with Crippen LogP contribution >= 0.6 is 11.8 Å². The fourth-order valence-electron chi connectivity index (χ4n) is 5.49. The van der Waals surface area contributed by atoms with E-state index in [0.717, 1.165) is 51.3 Å². The molecule has 0 aliphatic carbocycles. The summed E-state index contributed by atoms with van der Waals surface area (Å²) in [4.78, 5) is 14.5. The predicted molar refractivity (Wildman–Crippen MR) is 166 cm³/mol. The number of amides is 1. The van der Waals surface area contributed by atoms with E-state index in [-0.39, 0.29) is 18.6 Å². The van der Waals surface area contributed by atoms with Gasteiger partial charge in [-0.05, 0) is 48.7 Å². The van der Waals surface area contributed by atoms with Crippen molar-refractivity contribution < 1.29 is 28.8 Å². The minimum absolute atomic E-state index is 0.0465. The maximum Gasteiger partial charge on any atom is 0.407 e. The Hall–Kier alpha value is -3.88. The Labute approximate surface area is 251 Å². The van der Waals surface area contributed by atoms with Crippen LogP contribution in [0.4, 0.5) is 4.79 Å². The van der Waals surface area contributed by atoms with Crippen LogP contribution in [0.25, 0.3) is 10.8 Å². The van der Waals surface area contributed by atoms with Crippen LogP contribution in [0.5, 0.6) is 17.2 Å². The lowest BCUT2D eigenvalue weighted by Gasteiger charge is -2.37. The van der Waals surface area contributed by atoms with Crippen LogP contribution in [0, 0.1) is 0 Å². The van der Waals surface area contributed by atoms with Crippen molar-refractivity contribution in [3.63, 3.8) is 0 Å². The Morgan fingerprint density at radius 3 is 2.40 bits per heavy atom. The standard InChI is InChI=1S/C34H37NO6S/c1-38-31-21-25(33(39-2)30-12-7-6-11-29(30)31)23-41-32-22-35(34(36)37)18-17-28(32)24-13-15-26(16-14-24)40-19-8-20-42-27-9-4-3-5-10-27/h3-7,9-16,21,28,32H,8,17-20,22-23H2,1-2H3,(H,36,37). The van der Waals surface area contributed by atoms with Crippen molar-refractivity contribution >= 4 is 28.6 Å². The molecule has 1 fully saturated rings. The first-order valence-corrected chi connectivity index (χ1v) is 15.2. The van der Waals surface area contributed by atoms with Crippen LogP contribution in [-0.2, 0) is 11.3 Å². The van der Waals surface area contributed by atoms with E-state index in [2.05, 4.69) is 36.4 Å². The number of hydrogen-bond donors (Lipinski definition) is 1. The fraction of sp³-hybridized carbons (Fsp3) is 0.324. The summed E-state index contributed by atoms with van der Waals surface area (Å²) in [5.41, 5.74) is 1.97. The average Bonchev–Trinajstić information content (AvgIpc) is 3.03. The van der Waals surface area contributed by atoms with E-state index in [9.17, 15) is 9.90 Å². The highest BCUT2D eigenvalue weighted by Gasteiger charge is 2.33. The normalized spacial score (nSPS) is 16.8. The molecule has 0 saturated carbocycles. The highest BCUT2D eigenvalue weighted by atomic mass is 32.2. The molecule has 1 aliphatic rings. The third-order valence-electron chi connectivity index (χ3n) is 7.62. The molecule has 1 amide bonds. The molecule has 5 rings (SSSR count). The van der Waals surface area contributed by atoms with Gasteiger partial charge in [0.25, 0.3) is 0 Å². The number of nitrogens with zero attached hydrogens (tertiary/aromatic N) is 1. The molecule has 7 nitrogen and oxygen atoms in total. The van der Waals surface area contributed by atoms with Crippen molar-refractivity contribution in [1.29, 1.82) is 0 Å². The van der Waals surface area contributed by atoms with Crippen LogP contribution in [0.1, 0.15) is 29.9 Å². The summed E-state index contributed by atoms with van der Waals surface area (Å²) in [6.45, 7) is 1.68. The summed E-state index contributed by atoms with van der Waals surface area (Å²) in [5, 5.41) is 11.6. The summed E-state index contributed by atoms with van der Waals surface area (Å²) >= 11 is 1.83. The van der Waals surface area contributed by atoms with Crippen molar-refractivity contribution in [1.82, 2.24) is 4.90 Å². The second-order valence-electron chi connectivity index (χ2n) is 10.2. The van der Waals surface area contributed by atoms with E-state index in [1.54, 1.807) is 14.2 Å². The van der Waals surface area contributed by atoms with E-state index in [1.807, 2.05) is 60.3 Å². The number of carboxylic acid groups (broad SMARTS) is 1. The van der Waals surface area contributed by atoms with E-state index in [4.69, 9.17) is 18.9 Å². The van der Waals surface area contributed by atoms with Crippen LogP contribution in [0.3, 0.4) is 0 Å². The predicted octanol–water partition coefficient (Wildman–Crippen LogP) is 7.47. The summed E-state index contributed by atoms with van der Waals surface area (Å²) in [5.74, 6) is 3.35. The molecule has 220 valence electrons. The van der Waals surface area contributed by atoms with Gasteiger partial charge < -0.3 is 29.0 Å². The van der Waals surface area contributed by atoms with Crippen LogP contribution in [0.2, 0.25) is 0 Å². The number of carbonyl (C=O) groups is 1. The molecule has 1 aliphatic heterocycles. The Kier molecular flexibility index (Phi) is 10.1. The third-order valence-corrected chi connectivity index (χ3v) is 8.72. The SMILES string of the molecule is COc1cc(COC2CN(C(=O)O)CCC2c2ccc(OCCCSc3ccccc3)cc2)c(OC)c2ccccc12. The van der Waals surface area contributed by atoms with Gasteiger partial charge in [0.05, 0.1) is 40.1 Å².